The van der Waals surface area contributed by atoms with Gasteiger partial charge in [-0.15, -0.1) is 0 Å². The molecule has 1 unspecified atom stereocenters. The van der Waals surface area contributed by atoms with Crippen LogP contribution in [0.3, 0.4) is 0 Å². The van der Waals surface area contributed by atoms with Gasteiger partial charge in [0.05, 0.1) is 12.2 Å². The third-order valence-corrected chi connectivity index (χ3v) is 3.86. The molecule has 0 amide bonds. The van der Waals surface area contributed by atoms with Crippen LogP contribution in [0, 0.1) is 5.82 Å². The summed E-state index contributed by atoms with van der Waals surface area (Å²) in [5.74, 6) is -0.129. The number of hydrogen-bond acceptors (Lipinski definition) is 3. The summed E-state index contributed by atoms with van der Waals surface area (Å²) < 4.78 is 19.6. The predicted octanol–water partition coefficient (Wildman–Crippen LogP) is 2.59. The van der Waals surface area contributed by atoms with Gasteiger partial charge in [0.2, 0.25) is 0 Å². The quantitative estimate of drug-likeness (QED) is 0.897. The molecule has 3 nitrogen and oxygen atoms in total. The highest BCUT2D eigenvalue weighted by Gasteiger charge is 2.23. The first kappa shape index (κ1) is 15.4. The Balaban J connectivity index is 1.93. The minimum absolute atomic E-state index is 0.0599. The molecule has 1 saturated heterocycles. The number of rotatable bonds is 5. The Labute approximate surface area is 121 Å². The van der Waals surface area contributed by atoms with E-state index in [0.717, 1.165) is 31.6 Å². The number of benzene rings is 1. The molecule has 1 fully saturated rings. The number of ether oxygens (including phenoxy) is 1. The van der Waals surface area contributed by atoms with Crippen LogP contribution in [0.4, 0.5) is 4.39 Å². The van der Waals surface area contributed by atoms with Gasteiger partial charge in [0.15, 0.2) is 0 Å². The van der Waals surface area contributed by atoms with Crippen LogP contribution in [-0.4, -0.2) is 43.8 Å². The normalized spacial score (nSPS) is 25.6. The molecule has 1 aromatic rings. The highest BCUT2D eigenvalue weighted by atomic mass is 19.1. The van der Waals surface area contributed by atoms with E-state index in [4.69, 9.17) is 4.74 Å². The van der Waals surface area contributed by atoms with Crippen molar-refractivity contribution in [2.45, 2.75) is 38.5 Å². The Kier molecular flexibility index (Phi) is 5.52. The zero-order valence-electron chi connectivity index (χ0n) is 12.6. The van der Waals surface area contributed by atoms with Crippen molar-refractivity contribution < 1.29 is 9.13 Å². The van der Waals surface area contributed by atoms with E-state index in [2.05, 4.69) is 24.1 Å². The summed E-state index contributed by atoms with van der Waals surface area (Å²) in [4.78, 5) is 2.41. The smallest absolute Gasteiger partial charge is 0.127 e. The van der Waals surface area contributed by atoms with Crippen LogP contribution in [-0.2, 0) is 4.74 Å². The first-order chi connectivity index (χ1) is 9.60. The summed E-state index contributed by atoms with van der Waals surface area (Å²) in [5.41, 5.74) is 0.754. The molecule has 3 atom stereocenters. The molecule has 2 rings (SSSR count). The molecule has 0 spiro atoms. The summed E-state index contributed by atoms with van der Waals surface area (Å²) in [5, 5.41) is 3.22. The van der Waals surface area contributed by atoms with Gasteiger partial charge in [-0.1, -0.05) is 18.2 Å². The molecular weight excluding hydrogens is 255 g/mol. The lowest BCUT2D eigenvalue weighted by Crippen LogP contribution is -2.46. The second-order valence-corrected chi connectivity index (χ2v) is 5.67. The third kappa shape index (κ3) is 4.01. The first-order valence-corrected chi connectivity index (χ1v) is 7.39. The number of morpholine rings is 1. The number of nitrogens with one attached hydrogen (secondary N) is 1. The van der Waals surface area contributed by atoms with Crippen LogP contribution in [0.1, 0.15) is 31.9 Å². The van der Waals surface area contributed by atoms with E-state index in [1.54, 1.807) is 6.07 Å². The van der Waals surface area contributed by atoms with Crippen LogP contribution in [0.15, 0.2) is 24.3 Å². The van der Waals surface area contributed by atoms with Gasteiger partial charge in [-0.2, -0.15) is 0 Å². The van der Waals surface area contributed by atoms with Crippen molar-refractivity contribution in [3.63, 3.8) is 0 Å². The van der Waals surface area contributed by atoms with E-state index < -0.39 is 0 Å². The van der Waals surface area contributed by atoms with Gasteiger partial charge in [0.1, 0.15) is 5.82 Å². The number of halogens is 1. The molecule has 4 heteroatoms. The maximum absolute atomic E-state index is 13.8. The Hall–Kier alpha value is -0.970. The van der Waals surface area contributed by atoms with Crippen LogP contribution in [0.5, 0.6) is 0 Å². The topological polar surface area (TPSA) is 24.5 Å². The molecule has 20 heavy (non-hydrogen) atoms. The predicted molar refractivity (Wildman–Crippen MR) is 79.3 cm³/mol. The zero-order valence-corrected chi connectivity index (χ0v) is 12.6. The number of nitrogens with zero attached hydrogens (tertiary/aromatic N) is 1. The van der Waals surface area contributed by atoms with Gasteiger partial charge >= 0.3 is 0 Å². The maximum Gasteiger partial charge on any atom is 0.127 e. The maximum atomic E-state index is 13.8. The number of hydrogen-bond donors (Lipinski definition) is 1. The van der Waals surface area contributed by atoms with E-state index in [-0.39, 0.29) is 24.1 Å². The van der Waals surface area contributed by atoms with Crippen molar-refractivity contribution in [1.29, 1.82) is 0 Å². The largest absolute Gasteiger partial charge is 0.373 e. The molecule has 0 radical (unpaired) electrons. The highest BCUT2D eigenvalue weighted by molar-refractivity contribution is 5.21. The van der Waals surface area contributed by atoms with Gasteiger partial charge < -0.3 is 10.1 Å². The summed E-state index contributed by atoms with van der Waals surface area (Å²) >= 11 is 0. The highest BCUT2D eigenvalue weighted by Crippen LogP contribution is 2.21. The Morgan fingerprint density at radius 2 is 1.95 bits per heavy atom. The zero-order chi connectivity index (χ0) is 14.5. The monoisotopic (exact) mass is 280 g/mol. The lowest BCUT2D eigenvalue weighted by molar-refractivity contribution is -0.0685. The second-order valence-electron chi connectivity index (χ2n) is 5.67. The summed E-state index contributed by atoms with van der Waals surface area (Å²) in [6.07, 6.45) is 1.46. The third-order valence-electron chi connectivity index (χ3n) is 3.86. The van der Waals surface area contributed by atoms with Crippen LogP contribution >= 0.6 is 0 Å². The van der Waals surface area contributed by atoms with Crippen molar-refractivity contribution in [3.05, 3.63) is 35.6 Å². The fourth-order valence-electron chi connectivity index (χ4n) is 2.99. The fraction of sp³-hybridized carbons (Fsp3) is 0.625. The minimum Gasteiger partial charge on any atom is -0.373 e. The lowest BCUT2D eigenvalue weighted by Gasteiger charge is -2.36. The van der Waals surface area contributed by atoms with Crippen molar-refractivity contribution >= 4 is 0 Å². The van der Waals surface area contributed by atoms with Gasteiger partial charge in [-0.05, 0) is 33.4 Å². The summed E-state index contributed by atoms with van der Waals surface area (Å²) in [6, 6.07) is 7.07. The molecule has 0 aliphatic carbocycles. The molecule has 0 aromatic heterocycles. The lowest BCUT2D eigenvalue weighted by atomic mass is 10.0. The van der Waals surface area contributed by atoms with Crippen molar-refractivity contribution in [1.82, 2.24) is 10.2 Å². The van der Waals surface area contributed by atoms with Crippen LogP contribution in [0.2, 0.25) is 0 Å². The average molecular weight is 280 g/mol. The molecule has 0 saturated carbocycles. The van der Waals surface area contributed by atoms with E-state index in [1.165, 1.54) is 6.07 Å². The molecule has 1 aliphatic heterocycles. The van der Waals surface area contributed by atoms with Gasteiger partial charge in [-0.25, -0.2) is 4.39 Å². The Morgan fingerprint density at radius 1 is 1.30 bits per heavy atom. The molecular formula is C16H25FN2O. The molecule has 1 heterocycles. The molecule has 1 N–H and O–H groups in total. The molecule has 1 aromatic carbocycles. The van der Waals surface area contributed by atoms with Gasteiger partial charge in [-0.3, -0.25) is 4.90 Å². The molecule has 0 bridgehead atoms. The standard InChI is InChI=1S/C16H25FN2O/c1-12-10-19(11-13(2)20-12)9-8-16(18-3)14-6-4-5-7-15(14)17/h4-7,12-13,16,18H,8-11H2,1-3H3/t12-,13+,16?. The summed E-state index contributed by atoms with van der Waals surface area (Å²) in [6.45, 7) is 7.08. The van der Waals surface area contributed by atoms with E-state index in [9.17, 15) is 4.39 Å². The molecule has 112 valence electrons. The second kappa shape index (κ2) is 7.16. The summed E-state index contributed by atoms with van der Waals surface area (Å²) in [7, 11) is 1.89. The van der Waals surface area contributed by atoms with Crippen LogP contribution in [0.25, 0.3) is 0 Å². The SMILES string of the molecule is CNC(CCN1C[C@@H](C)O[C@@H](C)C1)c1ccccc1F. The first-order valence-electron chi connectivity index (χ1n) is 7.39. The molecule has 1 aliphatic rings. The van der Waals surface area contributed by atoms with Gasteiger partial charge in [0, 0.05) is 31.2 Å². The van der Waals surface area contributed by atoms with E-state index >= 15 is 0 Å². The van der Waals surface area contributed by atoms with Crippen LogP contribution < -0.4 is 5.32 Å². The average Bonchev–Trinajstić information content (AvgIpc) is 2.40. The van der Waals surface area contributed by atoms with Crippen molar-refractivity contribution in [2.24, 2.45) is 0 Å². The van der Waals surface area contributed by atoms with E-state index in [1.807, 2.05) is 19.2 Å². The van der Waals surface area contributed by atoms with Crippen molar-refractivity contribution in [3.8, 4) is 0 Å². The fourth-order valence-corrected chi connectivity index (χ4v) is 2.99. The van der Waals surface area contributed by atoms with Crippen molar-refractivity contribution in [2.75, 3.05) is 26.7 Å². The minimum atomic E-state index is -0.129. The van der Waals surface area contributed by atoms with Gasteiger partial charge in [0.25, 0.3) is 0 Å². The van der Waals surface area contributed by atoms with E-state index in [0.29, 0.717) is 0 Å². The Bertz CT molecular complexity index is 417. The Morgan fingerprint density at radius 3 is 2.55 bits per heavy atom.